The van der Waals surface area contributed by atoms with Crippen LogP contribution in [0.25, 0.3) is 21.5 Å². The van der Waals surface area contributed by atoms with Gasteiger partial charge in [0.1, 0.15) is 10.6 Å². The van der Waals surface area contributed by atoms with Gasteiger partial charge in [-0.3, -0.25) is 9.79 Å². The summed E-state index contributed by atoms with van der Waals surface area (Å²) in [6, 6.07) is 8.03. The third kappa shape index (κ3) is 2.94. The number of pyridine rings is 2. The molecule has 2 N–H and O–H groups in total. The molecular weight excluding hydrogens is 374 g/mol. The van der Waals surface area contributed by atoms with Crippen molar-refractivity contribution in [2.75, 3.05) is 25.9 Å². The van der Waals surface area contributed by atoms with E-state index in [0.29, 0.717) is 19.0 Å². The van der Waals surface area contributed by atoms with Crippen LogP contribution < -0.4 is 5.73 Å². The number of carbonyl (C=O) groups is 1. The van der Waals surface area contributed by atoms with Gasteiger partial charge in [-0.15, -0.1) is 11.3 Å². The highest BCUT2D eigenvalue weighted by Gasteiger charge is 2.48. The number of hydrogen-bond acceptors (Lipinski definition) is 7. The van der Waals surface area contributed by atoms with Gasteiger partial charge in [0.25, 0.3) is 5.91 Å². The minimum absolute atomic E-state index is 0.0796. The molecular formula is C20H19N5O2S. The van der Waals surface area contributed by atoms with Gasteiger partial charge < -0.3 is 15.4 Å². The topological polar surface area (TPSA) is 93.7 Å². The highest BCUT2D eigenvalue weighted by atomic mass is 32.1. The Morgan fingerprint density at radius 3 is 3.18 bits per heavy atom. The molecule has 1 saturated carbocycles. The second kappa shape index (κ2) is 6.65. The molecule has 0 radical (unpaired) electrons. The molecule has 5 rings (SSSR count). The first-order valence-corrected chi connectivity index (χ1v) is 9.97. The molecule has 1 aliphatic heterocycles. The molecule has 4 heterocycles. The normalized spacial score (nSPS) is 21.2. The number of nitrogens with two attached hydrogens (primary N) is 1. The summed E-state index contributed by atoms with van der Waals surface area (Å²) >= 11 is 1.43. The number of hydrogen-bond donors (Lipinski definition) is 1. The van der Waals surface area contributed by atoms with Crippen molar-refractivity contribution in [2.24, 2.45) is 4.99 Å². The maximum absolute atomic E-state index is 12.9. The average Bonchev–Trinajstić information content (AvgIpc) is 3.38. The fraction of sp³-hybridized carbons (Fsp3) is 0.300. The Kier molecular flexibility index (Phi) is 4.10. The predicted molar refractivity (Wildman–Crippen MR) is 110 cm³/mol. The molecule has 2 fully saturated rings. The van der Waals surface area contributed by atoms with Crippen molar-refractivity contribution in [3.63, 3.8) is 0 Å². The van der Waals surface area contributed by atoms with Crippen LogP contribution in [0.5, 0.6) is 0 Å². The summed E-state index contributed by atoms with van der Waals surface area (Å²) in [5, 5.41) is 0.969. The molecule has 7 nitrogen and oxygen atoms in total. The monoisotopic (exact) mass is 393 g/mol. The molecule has 2 atom stereocenters. The van der Waals surface area contributed by atoms with Crippen LogP contribution in [0.4, 0.5) is 5.82 Å². The first-order chi connectivity index (χ1) is 13.6. The third-order valence-electron chi connectivity index (χ3n) is 5.13. The van der Waals surface area contributed by atoms with Gasteiger partial charge in [0.15, 0.2) is 0 Å². The number of amides is 1. The first-order valence-electron chi connectivity index (χ1n) is 9.15. The zero-order valence-corrected chi connectivity index (χ0v) is 16.1. The molecule has 0 spiro atoms. The van der Waals surface area contributed by atoms with Gasteiger partial charge in [-0.05, 0) is 30.7 Å². The highest BCUT2D eigenvalue weighted by molar-refractivity contribution is 7.20. The maximum atomic E-state index is 12.9. The number of ether oxygens (including phenoxy) is 1. The lowest BCUT2D eigenvalue weighted by Crippen LogP contribution is -2.40. The van der Waals surface area contributed by atoms with Crippen LogP contribution in [0.15, 0.2) is 35.5 Å². The molecule has 8 heteroatoms. The van der Waals surface area contributed by atoms with Crippen LogP contribution >= 0.6 is 11.3 Å². The molecule has 3 aromatic rings. The van der Waals surface area contributed by atoms with Gasteiger partial charge in [0.2, 0.25) is 0 Å². The first kappa shape index (κ1) is 17.3. The van der Waals surface area contributed by atoms with E-state index in [1.165, 1.54) is 11.3 Å². The molecule has 2 unspecified atom stereocenters. The Labute approximate surface area is 165 Å². The third-order valence-corrected chi connectivity index (χ3v) is 6.17. The molecule has 1 aliphatic carbocycles. The maximum Gasteiger partial charge on any atom is 0.264 e. The van der Waals surface area contributed by atoms with E-state index in [1.807, 2.05) is 29.2 Å². The Balaban J connectivity index is 1.47. The van der Waals surface area contributed by atoms with E-state index in [9.17, 15) is 4.79 Å². The summed E-state index contributed by atoms with van der Waals surface area (Å²) in [5.41, 5.74) is 8.31. The second-order valence-electron chi connectivity index (χ2n) is 7.00. The van der Waals surface area contributed by atoms with Crippen LogP contribution in [-0.2, 0) is 4.74 Å². The Morgan fingerprint density at radius 1 is 1.43 bits per heavy atom. The number of nitrogen functional groups attached to an aromatic ring is 1. The number of nitrogens with zero attached hydrogens (tertiary/aromatic N) is 4. The number of aromatic nitrogens is 2. The van der Waals surface area contributed by atoms with Crippen molar-refractivity contribution in [2.45, 2.75) is 18.6 Å². The van der Waals surface area contributed by atoms with Gasteiger partial charge >= 0.3 is 0 Å². The van der Waals surface area contributed by atoms with Crippen molar-refractivity contribution in [1.82, 2.24) is 14.9 Å². The Bertz CT molecular complexity index is 1110. The molecule has 1 amide bonds. The number of thiophene rings is 1. The molecule has 28 heavy (non-hydrogen) atoms. The summed E-state index contributed by atoms with van der Waals surface area (Å²) in [6.07, 6.45) is 4.57. The van der Waals surface area contributed by atoms with Crippen molar-refractivity contribution >= 4 is 39.5 Å². The van der Waals surface area contributed by atoms with E-state index >= 15 is 0 Å². The summed E-state index contributed by atoms with van der Waals surface area (Å²) in [4.78, 5) is 29.4. The number of fused-ring (bicyclic) bond motifs is 2. The van der Waals surface area contributed by atoms with Crippen molar-refractivity contribution in [3.8, 4) is 11.3 Å². The smallest absolute Gasteiger partial charge is 0.264 e. The minimum atomic E-state index is 0.0796. The fourth-order valence-electron chi connectivity index (χ4n) is 3.59. The van der Waals surface area contributed by atoms with Crippen LogP contribution in [0.3, 0.4) is 0 Å². The SMILES string of the molecule is CN=Cc1cc(-c2ccc3cc(C(=O)N4CCOC5CC54)sc3n2)cnc1N. The van der Waals surface area contributed by atoms with Crippen molar-refractivity contribution in [1.29, 1.82) is 0 Å². The molecule has 2 aliphatic rings. The van der Waals surface area contributed by atoms with E-state index in [-0.39, 0.29) is 18.1 Å². The number of anilines is 1. The number of aliphatic imine (C=N–C) groups is 1. The molecule has 1 saturated heterocycles. The van der Waals surface area contributed by atoms with E-state index in [4.69, 9.17) is 15.5 Å². The van der Waals surface area contributed by atoms with Crippen LogP contribution in [0, 0.1) is 0 Å². The zero-order chi connectivity index (χ0) is 19.3. The lowest BCUT2D eigenvalue weighted by Gasteiger charge is -2.26. The summed E-state index contributed by atoms with van der Waals surface area (Å²) < 4.78 is 5.60. The number of rotatable bonds is 3. The van der Waals surface area contributed by atoms with Gasteiger partial charge in [-0.1, -0.05) is 0 Å². The van der Waals surface area contributed by atoms with Crippen molar-refractivity contribution < 1.29 is 9.53 Å². The van der Waals surface area contributed by atoms with E-state index < -0.39 is 0 Å². The molecule has 3 aromatic heterocycles. The fourth-order valence-corrected chi connectivity index (χ4v) is 4.57. The summed E-state index contributed by atoms with van der Waals surface area (Å²) in [5.74, 6) is 0.513. The zero-order valence-electron chi connectivity index (χ0n) is 15.3. The number of morpholine rings is 1. The summed E-state index contributed by atoms with van der Waals surface area (Å²) in [7, 11) is 1.69. The summed E-state index contributed by atoms with van der Waals surface area (Å²) in [6.45, 7) is 1.28. The van der Waals surface area contributed by atoms with E-state index in [0.717, 1.165) is 38.3 Å². The quantitative estimate of drug-likeness (QED) is 0.691. The Hall–Kier alpha value is -2.84. The molecule has 142 valence electrons. The van der Waals surface area contributed by atoms with Gasteiger partial charge in [0, 0.05) is 42.5 Å². The van der Waals surface area contributed by atoms with E-state index in [2.05, 4.69) is 9.98 Å². The minimum Gasteiger partial charge on any atom is -0.383 e. The van der Waals surface area contributed by atoms with Crippen LogP contribution in [0.1, 0.15) is 21.7 Å². The van der Waals surface area contributed by atoms with Crippen LogP contribution in [-0.4, -0.2) is 59.3 Å². The lowest BCUT2D eigenvalue weighted by molar-refractivity contribution is 0.0265. The second-order valence-corrected chi connectivity index (χ2v) is 8.03. The Morgan fingerprint density at radius 2 is 2.32 bits per heavy atom. The van der Waals surface area contributed by atoms with Crippen molar-refractivity contribution in [3.05, 3.63) is 40.9 Å². The predicted octanol–water partition coefficient (Wildman–Crippen LogP) is 2.60. The standard InChI is InChI=1S/C20H19N5O2S/c1-22-9-13-6-12(10-23-18(13)21)14-3-2-11-7-17(28-19(11)24-14)20(26)25-4-5-27-16-8-15(16)25/h2-3,6-7,9-10,15-16H,4-5,8H2,1H3,(H2,21,23). The molecule has 0 aromatic carbocycles. The number of carbonyl (C=O) groups excluding carboxylic acids is 1. The van der Waals surface area contributed by atoms with Gasteiger partial charge in [-0.25, -0.2) is 9.97 Å². The van der Waals surface area contributed by atoms with E-state index in [1.54, 1.807) is 19.5 Å². The molecule has 0 bridgehead atoms. The lowest BCUT2D eigenvalue weighted by atomic mass is 10.1. The largest absolute Gasteiger partial charge is 0.383 e. The van der Waals surface area contributed by atoms with Gasteiger partial charge in [-0.2, -0.15) is 0 Å². The average molecular weight is 393 g/mol. The highest BCUT2D eigenvalue weighted by Crippen LogP contribution is 2.37. The van der Waals surface area contributed by atoms with Crippen LogP contribution in [0.2, 0.25) is 0 Å². The van der Waals surface area contributed by atoms with Gasteiger partial charge in [0.05, 0.1) is 29.3 Å².